The smallest absolute Gasteiger partial charge is 0.265 e. The minimum absolute atomic E-state index is 0.182. The van der Waals surface area contributed by atoms with Crippen LogP contribution in [0.5, 0.6) is 0 Å². The molecule has 1 aliphatic heterocycles. The highest BCUT2D eigenvalue weighted by atomic mass is 32.2. The Hall–Kier alpha value is -1.74. The summed E-state index contributed by atoms with van der Waals surface area (Å²) in [6, 6.07) is 6.75. The van der Waals surface area contributed by atoms with Crippen molar-refractivity contribution in [1.82, 2.24) is 4.31 Å². The molecule has 1 aromatic carbocycles. The molecule has 27 heavy (non-hydrogen) atoms. The van der Waals surface area contributed by atoms with Crippen LogP contribution in [0.25, 0.3) is 0 Å². The SMILES string of the molecule is CCc1cc(C(=O)Nc2cc(S(=O)(=O)N3CCOCC3)ccc2C)sc1C. The van der Waals surface area contributed by atoms with E-state index in [-0.39, 0.29) is 10.8 Å². The van der Waals surface area contributed by atoms with Crippen molar-refractivity contribution in [2.24, 2.45) is 0 Å². The standard InChI is InChI=1S/C19H24N2O4S2/c1-4-15-11-18(26-14(15)3)19(22)20-17-12-16(6-5-13(17)2)27(23,24)21-7-9-25-10-8-21/h5-6,11-12H,4,7-10H2,1-3H3,(H,20,22). The van der Waals surface area contributed by atoms with Gasteiger partial charge >= 0.3 is 0 Å². The molecule has 6 nitrogen and oxygen atoms in total. The first-order valence-corrected chi connectivity index (χ1v) is 11.2. The predicted octanol–water partition coefficient (Wildman–Crippen LogP) is 3.20. The van der Waals surface area contributed by atoms with Gasteiger partial charge in [0.2, 0.25) is 10.0 Å². The summed E-state index contributed by atoms with van der Waals surface area (Å²) in [6.45, 7) is 7.37. The number of amides is 1. The van der Waals surface area contributed by atoms with Gasteiger partial charge in [0.15, 0.2) is 0 Å². The van der Waals surface area contributed by atoms with Crippen LogP contribution in [0.4, 0.5) is 5.69 Å². The van der Waals surface area contributed by atoms with E-state index in [0.717, 1.165) is 22.4 Å². The van der Waals surface area contributed by atoms with Gasteiger partial charge in [-0.2, -0.15) is 4.31 Å². The second kappa shape index (κ2) is 8.10. The Labute approximate surface area is 164 Å². The molecule has 0 spiro atoms. The fraction of sp³-hybridized carbons (Fsp3) is 0.421. The van der Waals surface area contributed by atoms with Crippen molar-refractivity contribution in [3.63, 3.8) is 0 Å². The molecule has 2 aromatic rings. The van der Waals surface area contributed by atoms with Crippen molar-refractivity contribution in [2.75, 3.05) is 31.6 Å². The summed E-state index contributed by atoms with van der Waals surface area (Å²) in [7, 11) is -3.60. The number of nitrogens with zero attached hydrogens (tertiary/aromatic N) is 1. The zero-order valence-electron chi connectivity index (χ0n) is 15.7. The van der Waals surface area contributed by atoms with Crippen molar-refractivity contribution in [3.05, 3.63) is 45.1 Å². The van der Waals surface area contributed by atoms with Crippen LogP contribution in [0, 0.1) is 13.8 Å². The number of ether oxygens (including phenoxy) is 1. The predicted molar refractivity (Wildman–Crippen MR) is 107 cm³/mol. The summed E-state index contributed by atoms with van der Waals surface area (Å²) < 4.78 is 32.4. The fourth-order valence-electron chi connectivity index (χ4n) is 3.00. The van der Waals surface area contributed by atoms with E-state index in [4.69, 9.17) is 4.74 Å². The summed E-state index contributed by atoms with van der Waals surface area (Å²) >= 11 is 1.45. The molecule has 0 saturated carbocycles. The molecule has 3 rings (SSSR count). The van der Waals surface area contributed by atoms with E-state index in [9.17, 15) is 13.2 Å². The van der Waals surface area contributed by atoms with Crippen LogP contribution in [0.3, 0.4) is 0 Å². The molecule has 1 saturated heterocycles. The minimum Gasteiger partial charge on any atom is -0.379 e. The lowest BCUT2D eigenvalue weighted by Gasteiger charge is -2.26. The third-order valence-corrected chi connectivity index (χ3v) is 7.68. The second-order valence-electron chi connectivity index (χ2n) is 6.49. The minimum atomic E-state index is -3.60. The Morgan fingerprint density at radius 2 is 1.93 bits per heavy atom. The molecule has 146 valence electrons. The average molecular weight is 409 g/mol. The van der Waals surface area contributed by atoms with Crippen molar-refractivity contribution in [1.29, 1.82) is 0 Å². The highest BCUT2D eigenvalue weighted by molar-refractivity contribution is 7.89. The first kappa shape index (κ1) is 20.0. The lowest BCUT2D eigenvalue weighted by molar-refractivity contribution is 0.0730. The van der Waals surface area contributed by atoms with Crippen LogP contribution in [0.1, 0.15) is 32.6 Å². The summed E-state index contributed by atoms with van der Waals surface area (Å²) in [4.78, 5) is 14.6. The van der Waals surface area contributed by atoms with Gasteiger partial charge in [0, 0.05) is 23.7 Å². The maximum atomic E-state index is 12.9. The summed E-state index contributed by atoms with van der Waals surface area (Å²) in [6.07, 6.45) is 0.877. The number of hydrogen-bond acceptors (Lipinski definition) is 5. The first-order chi connectivity index (χ1) is 12.8. The third kappa shape index (κ3) is 4.24. The number of anilines is 1. The molecule has 1 amide bonds. The van der Waals surface area contributed by atoms with Gasteiger partial charge in [0.1, 0.15) is 0 Å². The number of hydrogen-bond donors (Lipinski definition) is 1. The maximum Gasteiger partial charge on any atom is 0.265 e. The number of aryl methyl sites for hydroxylation is 3. The third-order valence-electron chi connectivity index (χ3n) is 4.69. The number of sulfonamides is 1. The topological polar surface area (TPSA) is 75.7 Å². The van der Waals surface area contributed by atoms with Crippen LogP contribution in [-0.2, 0) is 21.2 Å². The molecule has 0 bridgehead atoms. The van der Waals surface area contributed by atoms with Gasteiger partial charge in [-0.05, 0) is 49.6 Å². The second-order valence-corrected chi connectivity index (χ2v) is 9.69. The van der Waals surface area contributed by atoms with E-state index in [0.29, 0.717) is 36.9 Å². The lowest BCUT2D eigenvalue weighted by Crippen LogP contribution is -2.40. The largest absolute Gasteiger partial charge is 0.379 e. The summed E-state index contributed by atoms with van der Waals surface area (Å²) in [5.41, 5.74) is 2.48. The lowest BCUT2D eigenvalue weighted by atomic mass is 10.2. The Morgan fingerprint density at radius 1 is 1.22 bits per heavy atom. The molecule has 1 fully saturated rings. The van der Waals surface area contributed by atoms with Gasteiger partial charge in [-0.3, -0.25) is 4.79 Å². The zero-order valence-corrected chi connectivity index (χ0v) is 17.4. The van der Waals surface area contributed by atoms with Gasteiger partial charge in [0.05, 0.1) is 23.0 Å². The van der Waals surface area contributed by atoms with Crippen molar-refractivity contribution in [3.8, 4) is 0 Å². The van der Waals surface area contributed by atoms with Crippen LogP contribution in [0.15, 0.2) is 29.2 Å². The van der Waals surface area contributed by atoms with Crippen LogP contribution in [0.2, 0.25) is 0 Å². The van der Waals surface area contributed by atoms with E-state index in [1.165, 1.54) is 15.6 Å². The fourth-order valence-corrected chi connectivity index (χ4v) is 5.44. The average Bonchev–Trinajstić information content (AvgIpc) is 3.05. The number of carbonyl (C=O) groups is 1. The number of rotatable bonds is 5. The van der Waals surface area contributed by atoms with Crippen molar-refractivity contribution < 1.29 is 17.9 Å². The maximum absolute atomic E-state index is 12.9. The highest BCUT2D eigenvalue weighted by Crippen LogP contribution is 2.26. The van der Waals surface area contributed by atoms with Crippen molar-refractivity contribution >= 4 is 33.0 Å². The molecular weight excluding hydrogens is 384 g/mol. The van der Waals surface area contributed by atoms with Crippen LogP contribution in [-0.4, -0.2) is 44.9 Å². The van der Waals surface area contributed by atoms with Crippen molar-refractivity contribution in [2.45, 2.75) is 32.1 Å². The zero-order chi connectivity index (χ0) is 19.6. The summed E-state index contributed by atoms with van der Waals surface area (Å²) in [5.74, 6) is -0.216. The monoisotopic (exact) mass is 408 g/mol. The molecule has 0 atom stereocenters. The van der Waals surface area contributed by atoms with Gasteiger partial charge in [-0.25, -0.2) is 8.42 Å². The van der Waals surface area contributed by atoms with Gasteiger partial charge in [-0.15, -0.1) is 11.3 Å². The molecule has 1 aliphatic rings. The molecule has 1 aromatic heterocycles. The van der Waals surface area contributed by atoms with Gasteiger partial charge in [-0.1, -0.05) is 13.0 Å². The number of morpholine rings is 1. The molecule has 0 unspecified atom stereocenters. The van der Waals surface area contributed by atoms with E-state index >= 15 is 0 Å². The molecular formula is C19H24N2O4S2. The number of nitrogens with one attached hydrogen (secondary N) is 1. The Bertz CT molecular complexity index is 945. The molecule has 2 heterocycles. The van der Waals surface area contributed by atoms with E-state index in [2.05, 4.69) is 12.2 Å². The Morgan fingerprint density at radius 3 is 2.56 bits per heavy atom. The number of carbonyl (C=O) groups excluding carboxylic acids is 1. The van der Waals surface area contributed by atoms with Crippen LogP contribution < -0.4 is 5.32 Å². The first-order valence-electron chi connectivity index (χ1n) is 8.92. The molecule has 0 aliphatic carbocycles. The van der Waals surface area contributed by atoms with Crippen LogP contribution >= 0.6 is 11.3 Å². The molecule has 1 N–H and O–H groups in total. The number of benzene rings is 1. The van der Waals surface area contributed by atoms with Gasteiger partial charge in [0.25, 0.3) is 5.91 Å². The summed E-state index contributed by atoms with van der Waals surface area (Å²) in [5, 5.41) is 2.87. The number of thiophene rings is 1. The highest BCUT2D eigenvalue weighted by Gasteiger charge is 2.27. The molecule has 0 radical (unpaired) electrons. The quantitative estimate of drug-likeness (QED) is 0.824. The van der Waals surface area contributed by atoms with Gasteiger partial charge < -0.3 is 10.1 Å². The van der Waals surface area contributed by atoms with E-state index in [1.54, 1.807) is 18.2 Å². The Kier molecular flexibility index (Phi) is 6.00. The normalized spacial score (nSPS) is 15.7. The molecule has 8 heteroatoms. The van der Waals surface area contributed by atoms with E-state index in [1.807, 2.05) is 19.9 Å². The van der Waals surface area contributed by atoms with E-state index < -0.39 is 10.0 Å². The Balaban J connectivity index is 1.85.